The predicted molar refractivity (Wildman–Crippen MR) is 90.5 cm³/mol. The monoisotopic (exact) mass is 335 g/mol. The van der Waals surface area contributed by atoms with Crippen LogP contribution in [0.5, 0.6) is 0 Å². The fourth-order valence-electron chi connectivity index (χ4n) is 2.82. The molecule has 1 amide bonds. The molecule has 0 aliphatic carbocycles. The minimum Gasteiger partial charge on any atom is -0.310 e. The van der Waals surface area contributed by atoms with Gasteiger partial charge in [0.1, 0.15) is 0 Å². The van der Waals surface area contributed by atoms with E-state index in [4.69, 9.17) is 11.6 Å². The van der Waals surface area contributed by atoms with Crippen molar-refractivity contribution in [2.24, 2.45) is 0 Å². The standard InChI is InChI=1S/C16H18ClN3OS/c1-11-18-9-12(22-11)10-19(2)15-7-8-20(16(15)21)14-6-4-3-5-13(14)17/h3-6,9,15H,7-8,10H2,1-2H3/t15-/m1/s1. The molecule has 0 bridgehead atoms. The fraction of sp³-hybridized carbons (Fsp3) is 0.375. The Morgan fingerprint density at radius 1 is 1.45 bits per heavy atom. The summed E-state index contributed by atoms with van der Waals surface area (Å²) in [5.74, 6) is 0.122. The molecule has 0 unspecified atom stereocenters. The van der Waals surface area contributed by atoms with E-state index in [1.807, 2.05) is 44.4 Å². The molecule has 2 heterocycles. The first kappa shape index (κ1) is 15.5. The van der Waals surface area contributed by atoms with Crippen LogP contribution in [0.4, 0.5) is 5.69 Å². The first-order valence-corrected chi connectivity index (χ1v) is 8.43. The van der Waals surface area contributed by atoms with E-state index in [0.29, 0.717) is 11.6 Å². The van der Waals surface area contributed by atoms with Gasteiger partial charge in [0.25, 0.3) is 0 Å². The summed E-state index contributed by atoms with van der Waals surface area (Å²) in [4.78, 5) is 22.1. The molecule has 0 N–H and O–H groups in total. The van der Waals surface area contributed by atoms with Crippen LogP contribution in [0, 0.1) is 6.92 Å². The van der Waals surface area contributed by atoms with Crippen LogP contribution in [0.2, 0.25) is 5.02 Å². The number of carbonyl (C=O) groups excluding carboxylic acids is 1. The number of aromatic nitrogens is 1. The van der Waals surface area contributed by atoms with Crippen LogP contribution >= 0.6 is 22.9 Å². The van der Waals surface area contributed by atoms with E-state index < -0.39 is 0 Å². The number of hydrogen-bond donors (Lipinski definition) is 0. The molecule has 1 aromatic carbocycles. The van der Waals surface area contributed by atoms with Gasteiger partial charge in [-0.3, -0.25) is 9.69 Å². The van der Waals surface area contributed by atoms with E-state index in [2.05, 4.69) is 9.88 Å². The zero-order valence-electron chi connectivity index (χ0n) is 12.6. The van der Waals surface area contributed by atoms with Gasteiger partial charge in [-0.05, 0) is 32.5 Å². The van der Waals surface area contributed by atoms with Crippen molar-refractivity contribution >= 4 is 34.5 Å². The summed E-state index contributed by atoms with van der Waals surface area (Å²) >= 11 is 7.89. The third-order valence-corrected chi connectivity index (χ3v) is 5.14. The fourth-order valence-corrected chi connectivity index (χ4v) is 3.91. The van der Waals surface area contributed by atoms with Crippen molar-refractivity contribution in [3.63, 3.8) is 0 Å². The highest BCUT2D eigenvalue weighted by atomic mass is 35.5. The highest BCUT2D eigenvalue weighted by molar-refractivity contribution is 7.11. The minimum atomic E-state index is -0.0984. The topological polar surface area (TPSA) is 36.4 Å². The number of nitrogens with zero attached hydrogens (tertiary/aromatic N) is 3. The second-order valence-electron chi connectivity index (χ2n) is 5.51. The second kappa shape index (κ2) is 6.36. The van der Waals surface area contributed by atoms with E-state index >= 15 is 0 Å². The number of anilines is 1. The third-order valence-electron chi connectivity index (χ3n) is 3.93. The van der Waals surface area contributed by atoms with Gasteiger partial charge in [0.2, 0.25) is 5.91 Å². The zero-order valence-corrected chi connectivity index (χ0v) is 14.2. The summed E-state index contributed by atoms with van der Waals surface area (Å²) in [5, 5.41) is 1.68. The van der Waals surface area contributed by atoms with Crippen molar-refractivity contribution in [3.05, 3.63) is 45.4 Å². The molecule has 22 heavy (non-hydrogen) atoms. The summed E-state index contributed by atoms with van der Waals surface area (Å²) in [5.41, 5.74) is 0.804. The van der Waals surface area contributed by atoms with Crippen LogP contribution in [0.1, 0.15) is 16.3 Å². The van der Waals surface area contributed by atoms with Crippen molar-refractivity contribution in [1.82, 2.24) is 9.88 Å². The van der Waals surface area contributed by atoms with Crippen LogP contribution in [-0.2, 0) is 11.3 Å². The Hall–Kier alpha value is -1.43. The number of halogens is 1. The van der Waals surface area contributed by atoms with E-state index in [0.717, 1.165) is 23.7 Å². The molecule has 116 valence electrons. The van der Waals surface area contributed by atoms with Gasteiger partial charge in [-0.2, -0.15) is 0 Å². The molecule has 1 aliphatic heterocycles. The summed E-state index contributed by atoms with van der Waals surface area (Å²) in [6.07, 6.45) is 2.71. The van der Waals surface area contributed by atoms with Crippen molar-refractivity contribution < 1.29 is 4.79 Å². The zero-order chi connectivity index (χ0) is 15.7. The van der Waals surface area contributed by atoms with Crippen LogP contribution < -0.4 is 4.90 Å². The van der Waals surface area contributed by atoms with Crippen molar-refractivity contribution in [2.45, 2.75) is 25.9 Å². The van der Waals surface area contributed by atoms with Gasteiger partial charge < -0.3 is 4.90 Å². The van der Waals surface area contributed by atoms with Gasteiger partial charge in [0.05, 0.1) is 21.8 Å². The first-order valence-electron chi connectivity index (χ1n) is 7.23. The molecule has 0 spiro atoms. The molecule has 1 fully saturated rings. The van der Waals surface area contributed by atoms with Gasteiger partial charge in [0.15, 0.2) is 0 Å². The molecular weight excluding hydrogens is 318 g/mol. The molecule has 3 rings (SSSR count). The molecule has 1 aliphatic rings. The Labute approximate surface area is 139 Å². The van der Waals surface area contributed by atoms with Crippen LogP contribution in [0.15, 0.2) is 30.5 Å². The second-order valence-corrected chi connectivity index (χ2v) is 7.23. The number of benzene rings is 1. The van der Waals surface area contributed by atoms with E-state index in [-0.39, 0.29) is 11.9 Å². The number of carbonyl (C=O) groups is 1. The van der Waals surface area contributed by atoms with Gasteiger partial charge in [-0.1, -0.05) is 23.7 Å². The smallest absolute Gasteiger partial charge is 0.244 e. The lowest BCUT2D eigenvalue weighted by atomic mass is 10.2. The Bertz CT molecular complexity index is 688. The average Bonchev–Trinajstić information content (AvgIpc) is 3.06. The quantitative estimate of drug-likeness (QED) is 0.859. The number of amides is 1. The minimum absolute atomic E-state index is 0.0984. The lowest BCUT2D eigenvalue weighted by Crippen LogP contribution is -2.39. The lowest BCUT2D eigenvalue weighted by Gasteiger charge is -2.23. The number of rotatable bonds is 4. The van der Waals surface area contributed by atoms with Gasteiger partial charge >= 0.3 is 0 Å². The molecule has 2 aromatic rings. The Kier molecular flexibility index (Phi) is 4.47. The summed E-state index contributed by atoms with van der Waals surface area (Å²) in [6, 6.07) is 7.41. The number of thiazole rings is 1. The molecule has 4 nitrogen and oxygen atoms in total. The molecule has 0 radical (unpaired) electrons. The van der Waals surface area contributed by atoms with Gasteiger partial charge in [-0.15, -0.1) is 11.3 Å². The van der Waals surface area contributed by atoms with E-state index in [9.17, 15) is 4.79 Å². The van der Waals surface area contributed by atoms with Crippen LogP contribution in [0.25, 0.3) is 0 Å². The summed E-state index contributed by atoms with van der Waals surface area (Å²) in [7, 11) is 1.99. The summed E-state index contributed by atoms with van der Waals surface area (Å²) in [6.45, 7) is 3.45. The normalized spacial score (nSPS) is 18.5. The van der Waals surface area contributed by atoms with Crippen LogP contribution in [0.3, 0.4) is 0 Å². The van der Waals surface area contributed by atoms with Gasteiger partial charge in [-0.25, -0.2) is 4.98 Å². The Morgan fingerprint density at radius 2 is 2.23 bits per heavy atom. The highest BCUT2D eigenvalue weighted by Gasteiger charge is 2.35. The highest BCUT2D eigenvalue weighted by Crippen LogP contribution is 2.30. The van der Waals surface area contributed by atoms with Crippen molar-refractivity contribution in [1.29, 1.82) is 0 Å². The van der Waals surface area contributed by atoms with Gasteiger partial charge in [0, 0.05) is 24.2 Å². The SMILES string of the molecule is Cc1ncc(CN(C)[C@@H]2CCN(c3ccccc3Cl)C2=O)s1. The molecular formula is C16H18ClN3OS. The molecule has 0 saturated carbocycles. The summed E-state index contributed by atoms with van der Waals surface area (Å²) < 4.78 is 0. The molecule has 1 atom stereocenters. The maximum Gasteiger partial charge on any atom is 0.244 e. The number of hydrogen-bond acceptors (Lipinski definition) is 4. The average molecular weight is 336 g/mol. The van der Waals surface area contributed by atoms with E-state index in [1.165, 1.54) is 4.88 Å². The Balaban J connectivity index is 1.72. The van der Waals surface area contributed by atoms with Crippen LogP contribution in [-0.4, -0.2) is 35.4 Å². The first-order chi connectivity index (χ1) is 10.6. The number of likely N-dealkylation sites (N-methyl/N-ethyl adjacent to an activating group) is 1. The third kappa shape index (κ3) is 3.02. The van der Waals surface area contributed by atoms with Crippen molar-refractivity contribution in [2.75, 3.05) is 18.5 Å². The molecule has 6 heteroatoms. The maximum atomic E-state index is 12.7. The number of para-hydroxylation sites is 1. The van der Waals surface area contributed by atoms with Crippen molar-refractivity contribution in [3.8, 4) is 0 Å². The predicted octanol–water partition coefficient (Wildman–Crippen LogP) is 3.34. The molecule has 1 saturated heterocycles. The molecule has 1 aromatic heterocycles. The lowest BCUT2D eigenvalue weighted by molar-refractivity contribution is -0.121. The maximum absolute atomic E-state index is 12.7. The van der Waals surface area contributed by atoms with E-state index in [1.54, 1.807) is 16.2 Å². The Morgan fingerprint density at radius 3 is 2.91 bits per heavy atom. The number of aryl methyl sites for hydroxylation is 1. The largest absolute Gasteiger partial charge is 0.310 e.